The van der Waals surface area contributed by atoms with E-state index >= 15 is 0 Å². The van der Waals surface area contributed by atoms with Gasteiger partial charge >= 0.3 is 6.03 Å². The molecule has 0 aliphatic carbocycles. The Morgan fingerprint density at radius 1 is 1.29 bits per heavy atom. The van der Waals surface area contributed by atoms with Gasteiger partial charge in [-0.25, -0.2) is 4.79 Å². The molecule has 0 saturated heterocycles. The van der Waals surface area contributed by atoms with Gasteiger partial charge in [0.15, 0.2) is 0 Å². The Labute approximate surface area is 84.4 Å². The van der Waals surface area contributed by atoms with Crippen molar-refractivity contribution >= 4 is 11.9 Å². The Kier molecular flexibility index (Phi) is 4.97. The van der Waals surface area contributed by atoms with Gasteiger partial charge in [0.1, 0.15) is 0 Å². The van der Waals surface area contributed by atoms with E-state index in [1.807, 2.05) is 20.8 Å². The summed E-state index contributed by atoms with van der Waals surface area (Å²) in [6.45, 7) is 6.16. The van der Waals surface area contributed by atoms with E-state index in [9.17, 15) is 9.59 Å². The van der Waals surface area contributed by atoms with Crippen LogP contribution in [0.3, 0.4) is 0 Å². The second kappa shape index (κ2) is 5.47. The highest BCUT2D eigenvalue weighted by atomic mass is 16.2. The van der Waals surface area contributed by atoms with Crippen molar-refractivity contribution in [3.63, 3.8) is 0 Å². The molecule has 14 heavy (non-hydrogen) atoms. The number of urea groups is 1. The van der Waals surface area contributed by atoms with Crippen molar-refractivity contribution in [2.75, 3.05) is 6.54 Å². The monoisotopic (exact) mass is 201 g/mol. The molecule has 0 atom stereocenters. The standard InChI is InChI=1S/C9H19N3O2/c1-9(2,3)12-8(14)11-6-4-5-7(10)13/h4-6H2,1-3H3,(H2,10,13)(H2,11,12,14). The zero-order valence-electron chi connectivity index (χ0n) is 9.02. The summed E-state index contributed by atoms with van der Waals surface area (Å²) in [7, 11) is 0. The van der Waals surface area contributed by atoms with Crippen LogP contribution in [0, 0.1) is 0 Å². The molecular weight excluding hydrogens is 182 g/mol. The highest BCUT2D eigenvalue weighted by Gasteiger charge is 2.12. The van der Waals surface area contributed by atoms with Gasteiger partial charge in [0, 0.05) is 18.5 Å². The fourth-order valence-electron chi connectivity index (χ4n) is 0.849. The van der Waals surface area contributed by atoms with E-state index in [1.54, 1.807) is 0 Å². The number of carbonyl (C=O) groups is 2. The topological polar surface area (TPSA) is 84.2 Å². The lowest BCUT2D eigenvalue weighted by Gasteiger charge is -2.20. The molecule has 0 bridgehead atoms. The number of amides is 3. The number of hydrogen-bond donors (Lipinski definition) is 3. The fraction of sp³-hybridized carbons (Fsp3) is 0.778. The molecule has 0 aromatic rings. The maximum atomic E-state index is 11.2. The van der Waals surface area contributed by atoms with Crippen LogP contribution in [-0.4, -0.2) is 24.0 Å². The summed E-state index contributed by atoms with van der Waals surface area (Å²) < 4.78 is 0. The minimum atomic E-state index is -0.344. The van der Waals surface area contributed by atoms with E-state index in [4.69, 9.17) is 5.73 Å². The average Bonchev–Trinajstić information content (AvgIpc) is 1.94. The number of carbonyl (C=O) groups excluding carboxylic acids is 2. The lowest BCUT2D eigenvalue weighted by atomic mass is 10.1. The van der Waals surface area contributed by atoms with Crippen LogP contribution >= 0.6 is 0 Å². The Morgan fingerprint density at radius 2 is 1.86 bits per heavy atom. The second-order valence-electron chi connectivity index (χ2n) is 4.20. The predicted octanol–water partition coefficient (Wildman–Crippen LogP) is 0.350. The van der Waals surface area contributed by atoms with Gasteiger partial charge in [-0.05, 0) is 27.2 Å². The van der Waals surface area contributed by atoms with Crippen LogP contribution in [0.1, 0.15) is 33.6 Å². The van der Waals surface area contributed by atoms with E-state index in [0.717, 1.165) is 0 Å². The lowest BCUT2D eigenvalue weighted by Crippen LogP contribution is -2.46. The fourth-order valence-corrected chi connectivity index (χ4v) is 0.849. The van der Waals surface area contributed by atoms with Crippen molar-refractivity contribution in [1.82, 2.24) is 10.6 Å². The molecule has 0 aliphatic rings. The first-order valence-corrected chi connectivity index (χ1v) is 4.65. The normalized spacial score (nSPS) is 10.8. The van der Waals surface area contributed by atoms with Crippen LogP contribution in [0.15, 0.2) is 0 Å². The number of rotatable bonds is 4. The first-order valence-electron chi connectivity index (χ1n) is 4.65. The number of primary amides is 1. The minimum Gasteiger partial charge on any atom is -0.370 e. The van der Waals surface area contributed by atoms with Crippen LogP contribution in [0.2, 0.25) is 0 Å². The molecule has 4 N–H and O–H groups in total. The van der Waals surface area contributed by atoms with Crippen LogP contribution in [0.5, 0.6) is 0 Å². The van der Waals surface area contributed by atoms with Gasteiger partial charge in [-0.2, -0.15) is 0 Å². The summed E-state index contributed by atoms with van der Waals surface area (Å²) in [5, 5.41) is 5.38. The van der Waals surface area contributed by atoms with Crippen molar-refractivity contribution in [2.45, 2.75) is 39.2 Å². The van der Waals surface area contributed by atoms with Gasteiger partial charge in [0.2, 0.25) is 5.91 Å². The average molecular weight is 201 g/mol. The van der Waals surface area contributed by atoms with Crippen LogP contribution in [0.4, 0.5) is 4.79 Å². The molecule has 5 heteroatoms. The quantitative estimate of drug-likeness (QED) is 0.573. The van der Waals surface area contributed by atoms with Crippen LogP contribution in [-0.2, 0) is 4.79 Å². The zero-order valence-corrected chi connectivity index (χ0v) is 9.02. The Morgan fingerprint density at radius 3 is 2.29 bits per heavy atom. The molecular formula is C9H19N3O2. The number of nitrogens with two attached hydrogens (primary N) is 1. The van der Waals surface area contributed by atoms with Gasteiger partial charge in [0.05, 0.1) is 0 Å². The summed E-state index contributed by atoms with van der Waals surface area (Å²) >= 11 is 0. The third kappa shape index (κ3) is 8.83. The summed E-state index contributed by atoms with van der Waals surface area (Å²) in [6.07, 6.45) is 0.878. The predicted molar refractivity (Wildman–Crippen MR) is 54.7 cm³/mol. The Balaban J connectivity index is 3.50. The Hall–Kier alpha value is -1.26. The van der Waals surface area contributed by atoms with E-state index in [2.05, 4.69) is 10.6 Å². The lowest BCUT2D eigenvalue weighted by molar-refractivity contribution is -0.118. The van der Waals surface area contributed by atoms with E-state index < -0.39 is 0 Å². The van der Waals surface area contributed by atoms with Gasteiger partial charge in [-0.3, -0.25) is 4.79 Å². The first kappa shape index (κ1) is 12.7. The molecule has 82 valence electrons. The summed E-state index contributed by atoms with van der Waals surface area (Å²) in [6, 6.07) is -0.220. The summed E-state index contributed by atoms with van der Waals surface area (Å²) in [5.74, 6) is -0.344. The molecule has 3 amide bonds. The van der Waals surface area contributed by atoms with Crippen molar-refractivity contribution in [2.24, 2.45) is 5.73 Å². The third-order valence-electron chi connectivity index (χ3n) is 1.37. The third-order valence-corrected chi connectivity index (χ3v) is 1.37. The summed E-state index contributed by atoms with van der Waals surface area (Å²) in [4.78, 5) is 21.5. The van der Waals surface area contributed by atoms with Crippen LogP contribution < -0.4 is 16.4 Å². The smallest absolute Gasteiger partial charge is 0.315 e. The molecule has 5 nitrogen and oxygen atoms in total. The SMILES string of the molecule is CC(C)(C)NC(=O)NCCCC(N)=O. The van der Waals surface area contributed by atoms with Crippen molar-refractivity contribution in [3.05, 3.63) is 0 Å². The van der Waals surface area contributed by atoms with Gasteiger partial charge in [0.25, 0.3) is 0 Å². The van der Waals surface area contributed by atoms with E-state index in [0.29, 0.717) is 19.4 Å². The number of nitrogens with one attached hydrogen (secondary N) is 2. The molecule has 0 saturated carbocycles. The van der Waals surface area contributed by atoms with Crippen molar-refractivity contribution in [3.8, 4) is 0 Å². The van der Waals surface area contributed by atoms with Gasteiger partial charge in [-0.15, -0.1) is 0 Å². The molecule has 0 heterocycles. The molecule has 0 rings (SSSR count). The molecule has 0 unspecified atom stereocenters. The zero-order chi connectivity index (χ0) is 11.2. The Bertz CT molecular complexity index is 209. The molecule has 0 aliphatic heterocycles. The highest BCUT2D eigenvalue weighted by Crippen LogP contribution is 1.97. The van der Waals surface area contributed by atoms with E-state index in [-0.39, 0.29) is 17.5 Å². The molecule has 0 radical (unpaired) electrons. The van der Waals surface area contributed by atoms with Crippen molar-refractivity contribution < 1.29 is 9.59 Å². The maximum absolute atomic E-state index is 11.2. The minimum absolute atomic E-state index is 0.220. The van der Waals surface area contributed by atoms with Crippen molar-refractivity contribution in [1.29, 1.82) is 0 Å². The molecule has 0 spiro atoms. The molecule has 0 aromatic heterocycles. The highest BCUT2D eigenvalue weighted by molar-refractivity contribution is 5.75. The summed E-state index contributed by atoms with van der Waals surface area (Å²) in [5.41, 5.74) is 4.70. The largest absolute Gasteiger partial charge is 0.370 e. The van der Waals surface area contributed by atoms with E-state index in [1.165, 1.54) is 0 Å². The number of hydrogen-bond acceptors (Lipinski definition) is 2. The second-order valence-corrected chi connectivity index (χ2v) is 4.20. The van der Waals surface area contributed by atoms with Gasteiger partial charge < -0.3 is 16.4 Å². The molecule has 0 fully saturated rings. The molecule has 0 aromatic carbocycles. The van der Waals surface area contributed by atoms with Gasteiger partial charge in [-0.1, -0.05) is 0 Å². The maximum Gasteiger partial charge on any atom is 0.315 e. The first-order chi connectivity index (χ1) is 6.31. The van der Waals surface area contributed by atoms with Crippen LogP contribution in [0.25, 0.3) is 0 Å².